The maximum atomic E-state index is 11.0. The minimum absolute atomic E-state index is 0.151. The van der Waals surface area contributed by atoms with Crippen LogP contribution in [0, 0.1) is 0 Å². The summed E-state index contributed by atoms with van der Waals surface area (Å²) in [5, 5.41) is 5.02. The molecule has 0 aromatic heterocycles. The fourth-order valence-corrected chi connectivity index (χ4v) is 4.06. The van der Waals surface area contributed by atoms with Gasteiger partial charge in [0.05, 0.1) is 30.7 Å². The van der Waals surface area contributed by atoms with Gasteiger partial charge in [-0.25, -0.2) is 13.6 Å². The average molecular weight is 267 g/mol. The largest absolute Gasteiger partial charge is 0.376 e. The van der Waals surface area contributed by atoms with Crippen molar-refractivity contribution in [3.8, 4) is 0 Å². The van der Waals surface area contributed by atoms with E-state index in [4.69, 9.17) is 14.6 Å². The second kappa shape index (κ2) is 4.81. The Kier molecular flexibility index (Phi) is 3.80. The van der Waals surface area contributed by atoms with Crippen molar-refractivity contribution < 1.29 is 17.9 Å². The highest BCUT2D eigenvalue weighted by Crippen LogP contribution is 2.34. The monoisotopic (exact) mass is 267 g/mol. The van der Waals surface area contributed by atoms with Crippen LogP contribution in [0.15, 0.2) is 0 Å². The van der Waals surface area contributed by atoms with E-state index in [1.807, 2.05) is 11.8 Å². The van der Waals surface area contributed by atoms with Crippen molar-refractivity contribution in [2.24, 2.45) is 5.14 Å². The average Bonchev–Trinajstić information content (AvgIpc) is 2.16. The van der Waals surface area contributed by atoms with Crippen molar-refractivity contribution in [3.05, 3.63) is 0 Å². The summed E-state index contributed by atoms with van der Waals surface area (Å²) in [7, 11) is -3.49. The molecule has 2 heterocycles. The molecule has 0 saturated carbocycles. The molecule has 1 atom stereocenters. The summed E-state index contributed by atoms with van der Waals surface area (Å²) in [6.07, 6.45) is 1.45. The van der Waals surface area contributed by atoms with E-state index in [0.29, 0.717) is 13.2 Å². The molecule has 0 bridgehead atoms. The number of rotatable bonds is 2. The predicted molar refractivity (Wildman–Crippen MR) is 63.0 cm³/mol. The van der Waals surface area contributed by atoms with Gasteiger partial charge in [0.2, 0.25) is 10.0 Å². The first-order valence-electron chi connectivity index (χ1n) is 5.33. The van der Waals surface area contributed by atoms with E-state index in [0.717, 1.165) is 24.3 Å². The van der Waals surface area contributed by atoms with E-state index < -0.39 is 16.1 Å². The molecule has 2 fully saturated rings. The van der Waals surface area contributed by atoms with E-state index in [-0.39, 0.29) is 11.4 Å². The standard InChI is InChI=1S/C9H17NO4S2/c10-16(11,12)6-8-5-13-7-9(14-8)1-3-15-4-2-9/h8H,1-7H2,(H2,10,11,12). The third-order valence-electron chi connectivity index (χ3n) is 2.91. The molecule has 1 spiro atoms. The Morgan fingerprint density at radius 2 is 2.06 bits per heavy atom. The lowest BCUT2D eigenvalue weighted by Crippen LogP contribution is -2.51. The molecular weight excluding hydrogens is 250 g/mol. The lowest BCUT2D eigenvalue weighted by atomic mass is 9.96. The molecule has 0 aromatic carbocycles. The molecule has 7 heteroatoms. The Hall–Kier alpha value is 0.180. The maximum Gasteiger partial charge on any atom is 0.211 e. The molecule has 2 aliphatic rings. The topological polar surface area (TPSA) is 78.6 Å². The summed E-state index contributed by atoms with van der Waals surface area (Å²) >= 11 is 1.90. The molecule has 0 aliphatic carbocycles. The molecule has 2 rings (SSSR count). The van der Waals surface area contributed by atoms with Crippen molar-refractivity contribution in [2.45, 2.75) is 24.5 Å². The Morgan fingerprint density at radius 1 is 1.38 bits per heavy atom. The van der Waals surface area contributed by atoms with Crippen LogP contribution in [-0.2, 0) is 19.5 Å². The predicted octanol–water partition coefficient (Wildman–Crippen LogP) is -0.0439. The van der Waals surface area contributed by atoms with Gasteiger partial charge in [0.25, 0.3) is 0 Å². The minimum Gasteiger partial charge on any atom is -0.376 e. The van der Waals surface area contributed by atoms with Gasteiger partial charge in [-0.3, -0.25) is 0 Å². The zero-order valence-electron chi connectivity index (χ0n) is 9.05. The number of sulfonamides is 1. The summed E-state index contributed by atoms with van der Waals surface area (Å²) in [5.74, 6) is 1.94. The molecular formula is C9H17NO4S2. The fourth-order valence-electron chi connectivity index (χ4n) is 2.14. The van der Waals surface area contributed by atoms with Crippen LogP contribution < -0.4 is 5.14 Å². The smallest absolute Gasteiger partial charge is 0.211 e. The van der Waals surface area contributed by atoms with Crippen molar-refractivity contribution in [1.82, 2.24) is 0 Å². The van der Waals surface area contributed by atoms with Crippen LogP contribution in [0.1, 0.15) is 12.8 Å². The SMILES string of the molecule is NS(=O)(=O)CC1COCC2(CCSCC2)O1. The van der Waals surface area contributed by atoms with Gasteiger partial charge < -0.3 is 9.47 Å². The Morgan fingerprint density at radius 3 is 2.69 bits per heavy atom. The fraction of sp³-hybridized carbons (Fsp3) is 1.00. The van der Waals surface area contributed by atoms with Crippen molar-refractivity contribution in [3.63, 3.8) is 0 Å². The van der Waals surface area contributed by atoms with Gasteiger partial charge in [-0.05, 0) is 24.3 Å². The molecule has 0 amide bonds. The Balaban J connectivity index is 1.98. The van der Waals surface area contributed by atoms with E-state index >= 15 is 0 Å². The first kappa shape index (κ1) is 12.6. The van der Waals surface area contributed by atoms with Gasteiger partial charge in [0.15, 0.2) is 0 Å². The Labute approximate surface area is 100 Å². The van der Waals surface area contributed by atoms with Crippen LogP contribution in [0.3, 0.4) is 0 Å². The summed E-state index contributed by atoms with van der Waals surface area (Å²) in [6, 6.07) is 0. The summed E-state index contributed by atoms with van der Waals surface area (Å²) in [5.41, 5.74) is -0.265. The van der Waals surface area contributed by atoms with Gasteiger partial charge in [-0.1, -0.05) is 0 Å². The highest BCUT2D eigenvalue weighted by molar-refractivity contribution is 7.99. The van der Waals surface area contributed by atoms with Gasteiger partial charge in [0, 0.05) is 0 Å². The summed E-state index contributed by atoms with van der Waals surface area (Å²) in [4.78, 5) is 0. The van der Waals surface area contributed by atoms with Gasteiger partial charge >= 0.3 is 0 Å². The second-order valence-electron chi connectivity index (χ2n) is 4.38. The number of nitrogens with two attached hydrogens (primary N) is 1. The van der Waals surface area contributed by atoms with Crippen LogP contribution in [0.5, 0.6) is 0 Å². The number of ether oxygens (including phenoxy) is 2. The van der Waals surface area contributed by atoms with E-state index in [2.05, 4.69) is 0 Å². The number of primary sulfonamides is 1. The number of hydrogen-bond donors (Lipinski definition) is 1. The van der Waals surface area contributed by atoms with Crippen molar-refractivity contribution >= 4 is 21.8 Å². The van der Waals surface area contributed by atoms with E-state index in [9.17, 15) is 8.42 Å². The first-order valence-corrected chi connectivity index (χ1v) is 8.20. The van der Waals surface area contributed by atoms with Crippen LogP contribution in [0.4, 0.5) is 0 Å². The molecule has 2 saturated heterocycles. The normalized spacial score (nSPS) is 30.4. The number of hydrogen-bond acceptors (Lipinski definition) is 5. The summed E-state index contributed by atoms with van der Waals surface area (Å²) < 4.78 is 33.4. The summed E-state index contributed by atoms with van der Waals surface area (Å²) in [6.45, 7) is 0.903. The lowest BCUT2D eigenvalue weighted by Gasteiger charge is -2.43. The van der Waals surface area contributed by atoms with Crippen LogP contribution in [-0.4, -0.2) is 50.6 Å². The molecule has 16 heavy (non-hydrogen) atoms. The molecule has 1 unspecified atom stereocenters. The quantitative estimate of drug-likeness (QED) is 0.759. The van der Waals surface area contributed by atoms with Crippen LogP contribution >= 0.6 is 11.8 Å². The molecule has 0 radical (unpaired) electrons. The van der Waals surface area contributed by atoms with Gasteiger partial charge in [-0.15, -0.1) is 0 Å². The first-order chi connectivity index (χ1) is 7.49. The molecule has 2 N–H and O–H groups in total. The molecule has 94 valence electrons. The lowest BCUT2D eigenvalue weighted by molar-refractivity contribution is -0.194. The zero-order chi connectivity index (χ0) is 11.6. The molecule has 5 nitrogen and oxygen atoms in total. The third kappa shape index (κ3) is 3.33. The highest BCUT2D eigenvalue weighted by atomic mass is 32.2. The van der Waals surface area contributed by atoms with E-state index in [1.54, 1.807) is 0 Å². The maximum absolute atomic E-state index is 11.0. The zero-order valence-corrected chi connectivity index (χ0v) is 10.7. The van der Waals surface area contributed by atoms with Gasteiger partial charge in [0.1, 0.15) is 0 Å². The van der Waals surface area contributed by atoms with Crippen LogP contribution in [0.25, 0.3) is 0 Å². The molecule has 0 aromatic rings. The van der Waals surface area contributed by atoms with E-state index in [1.165, 1.54) is 0 Å². The minimum atomic E-state index is -3.49. The highest BCUT2D eigenvalue weighted by Gasteiger charge is 2.40. The number of thioether (sulfide) groups is 1. The van der Waals surface area contributed by atoms with Crippen molar-refractivity contribution in [2.75, 3.05) is 30.5 Å². The second-order valence-corrected chi connectivity index (χ2v) is 7.26. The Bertz CT molecular complexity index is 332. The van der Waals surface area contributed by atoms with Gasteiger partial charge in [-0.2, -0.15) is 11.8 Å². The molecule has 2 aliphatic heterocycles. The van der Waals surface area contributed by atoms with Crippen molar-refractivity contribution in [1.29, 1.82) is 0 Å². The van der Waals surface area contributed by atoms with Crippen LogP contribution in [0.2, 0.25) is 0 Å². The third-order valence-corrected chi connectivity index (χ3v) is 4.73.